The van der Waals surface area contributed by atoms with Crippen molar-refractivity contribution >= 4 is 6.08 Å². The molecule has 1 aliphatic heterocycles. The molecule has 0 aromatic heterocycles. The Morgan fingerprint density at radius 2 is 1.95 bits per heavy atom. The van der Waals surface area contributed by atoms with E-state index in [0.717, 1.165) is 17.9 Å². The summed E-state index contributed by atoms with van der Waals surface area (Å²) in [6.45, 7) is 3.62. The van der Waals surface area contributed by atoms with E-state index in [9.17, 15) is 0 Å². The van der Waals surface area contributed by atoms with Crippen LogP contribution in [-0.2, 0) is 0 Å². The van der Waals surface area contributed by atoms with Crippen LogP contribution in [0, 0.1) is 11.8 Å². The largest absolute Gasteiger partial charge is 0.317 e. The van der Waals surface area contributed by atoms with E-state index in [1.165, 1.54) is 44.5 Å². The van der Waals surface area contributed by atoms with Crippen LogP contribution in [-0.4, -0.2) is 25.7 Å². The number of rotatable bonds is 5. The van der Waals surface area contributed by atoms with Crippen LogP contribution in [0.3, 0.4) is 0 Å². The molecule has 1 aromatic rings. The summed E-state index contributed by atoms with van der Waals surface area (Å²) in [5, 5.41) is 7.16. The maximum Gasteiger partial charge on any atom is 0.0137 e. The van der Waals surface area contributed by atoms with Gasteiger partial charge in [0, 0.05) is 6.04 Å². The number of nitrogens with one attached hydrogen (secondary N) is 2. The van der Waals surface area contributed by atoms with Crippen LogP contribution in [0.15, 0.2) is 36.4 Å². The fraction of sp³-hybridized carbons (Fsp3) is 0.529. The summed E-state index contributed by atoms with van der Waals surface area (Å²) < 4.78 is 0. The Hall–Kier alpha value is -1.12. The van der Waals surface area contributed by atoms with Gasteiger partial charge in [-0.25, -0.2) is 0 Å². The first-order valence-corrected chi connectivity index (χ1v) is 7.59. The van der Waals surface area contributed by atoms with Crippen LogP contribution < -0.4 is 10.6 Å². The second-order valence-electron chi connectivity index (χ2n) is 5.88. The lowest BCUT2D eigenvalue weighted by atomic mass is 9.98. The van der Waals surface area contributed by atoms with Gasteiger partial charge in [0.15, 0.2) is 0 Å². The topological polar surface area (TPSA) is 24.1 Å². The van der Waals surface area contributed by atoms with Crippen LogP contribution >= 0.6 is 0 Å². The highest BCUT2D eigenvalue weighted by atomic mass is 15.0. The minimum absolute atomic E-state index is 0.731. The highest BCUT2D eigenvalue weighted by Crippen LogP contribution is 2.32. The Morgan fingerprint density at radius 1 is 1.16 bits per heavy atom. The molecule has 0 bridgehead atoms. The predicted molar refractivity (Wildman–Crippen MR) is 81.0 cm³/mol. The zero-order valence-corrected chi connectivity index (χ0v) is 11.5. The van der Waals surface area contributed by atoms with Gasteiger partial charge in [0.05, 0.1) is 0 Å². The van der Waals surface area contributed by atoms with Gasteiger partial charge in [0.2, 0.25) is 0 Å². The van der Waals surface area contributed by atoms with Gasteiger partial charge in [0.1, 0.15) is 0 Å². The lowest BCUT2D eigenvalue weighted by Gasteiger charge is -2.22. The van der Waals surface area contributed by atoms with Crippen LogP contribution in [0.25, 0.3) is 6.08 Å². The molecule has 19 heavy (non-hydrogen) atoms. The van der Waals surface area contributed by atoms with Crippen LogP contribution in [0.2, 0.25) is 0 Å². The molecule has 1 aliphatic carbocycles. The Balaban J connectivity index is 1.38. The van der Waals surface area contributed by atoms with E-state index in [1.54, 1.807) is 0 Å². The molecule has 2 nitrogen and oxygen atoms in total. The zero-order valence-electron chi connectivity index (χ0n) is 11.5. The molecule has 2 N–H and O–H groups in total. The highest BCUT2D eigenvalue weighted by molar-refractivity contribution is 5.49. The van der Waals surface area contributed by atoms with E-state index in [4.69, 9.17) is 0 Å². The average molecular weight is 256 g/mol. The van der Waals surface area contributed by atoms with Crippen molar-refractivity contribution in [2.75, 3.05) is 19.6 Å². The number of hydrogen-bond donors (Lipinski definition) is 2. The van der Waals surface area contributed by atoms with E-state index in [0.29, 0.717) is 0 Å². The first-order valence-electron chi connectivity index (χ1n) is 7.59. The Morgan fingerprint density at radius 3 is 2.74 bits per heavy atom. The van der Waals surface area contributed by atoms with Gasteiger partial charge in [-0.05, 0) is 56.3 Å². The van der Waals surface area contributed by atoms with Crippen molar-refractivity contribution in [2.45, 2.75) is 25.3 Å². The summed E-state index contributed by atoms with van der Waals surface area (Å²) in [6, 6.07) is 11.3. The smallest absolute Gasteiger partial charge is 0.0137 e. The average Bonchev–Trinajstić information content (AvgIpc) is 3.24. The standard InChI is InChI=1S/C17H24N2/c1-2-4-14(5-3-1)6-7-16-12-17(16)19-13-15-8-10-18-11-9-15/h1-7,15-19H,8-13H2/b7-6+. The maximum absolute atomic E-state index is 3.73. The first-order chi connectivity index (χ1) is 9.42. The number of piperidine rings is 1. The number of hydrogen-bond acceptors (Lipinski definition) is 2. The summed E-state index contributed by atoms with van der Waals surface area (Å²) >= 11 is 0. The van der Waals surface area contributed by atoms with Crippen molar-refractivity contribution in [3.05, 3.63) is 42.0 Å². The van der Waals surface area contributed by atoms with Crippen molar-refractivity contribution in [1.82, 2.24) is 10.6 Å². The van der Waals surface area contributed by atoms with Gasteiger partial charge in [-0.1, -0.05) is 42.5 Å². The normalized spacial score (nSPS) is 27.8. The summed E-state index contributed by atoms with van der Waals surface area (Å²) in [5.74, 6) is 1.64. The Labute approximate surface area is 116 Å². The van der Waals surface area contributed by atoms with Crippen molar-refractivity contribution in [3.8, 4) is 0 Å². The van der Waals surface area contributed by atoms with E-state index in [-0.39, 0.29) is 0 Å². The van der Waals surface area contributed by atoms with Gasteiger partial charge >= 0.3 is 0 Å². The molecule has 2 aliphatic rings. The molecule has 0 spiro atoms. The monoisotopic (exact) mass is 256 g/mol. The minimum atomic E-state index is 0.731. The van der Waals surface area contributed by atoms with Crippen LogP contribution in [0.5, 0.6) is 0 Å². The molecule has 3 rings (SSSR count). The molecule has 2 atom stereocenters. The third-order valence-corrected chi connectivity index (χ3v) is 4.30. The third-order valence-electron chi connectivity index (χ3n) is 4.30. The fourth-order valence-corrected chi connectivity index (χ4v) is 2.86. The zero-order chi connectivity index (χ0) is 12.9. The second kappa shape index (κ2) is 6.36. The molecular weight excluding hydrogens is 232 g/mol. The van der Waals surface area contributed by atoms with Gasteiger partial charge in [0.25, 0.3) is 0 Å². The van der Waals surface area contributed by atoms with E-state index in [1.807, 2.05) is 0 Å². The first kappa shape index (κ1) is 12.9. The summed E-state index contributed by atoms with van der Waals surface area (Å²) in [5.41, 5.74) is 1.31. The molecule has 2 fully saturated rings. The molecule has 1 heterocycles. The van der Waals surface area contributed by atoms with E-state index in [2.05, 4.69) is 53.1 Å². The SMILES string of the molecule is C(=C\C1CC1NCC1CCNCC1)/c1ccccc1. The molecule has 1 saturated heterocycles. The molecule has 0 radical (unpaired) electrons. The third kappa shape index (κ3) is 3.92. The van der Waals surface area contributed by atoms with Gasteiger partial charge in [-0.15, -0.1) is 0 Å². The second-order valence-corrected chi connectivity index (χ2v) is 5.88. The van der Waals surface area contributed by atoms with Crippen LogP contribution in [0.1, 0.15) is 24.8 Å². The molecule has 2 heteroatoms. The Kier molecular flexibility index (Phi) is 4.31. The summed E-state index contributed by atoms with van der Waals surface area (Å²) in [6.07, 6.45) is 8.62. The highest BCUT2D eigenvalue weighted by Gasteiger charge is 2.34. The van der Waals surface area contributed by atoms with Crippen LogP contribution in [0.4, 0.5) is 0 Å². The molecule has 1 saturated carbocycles. The van der Waals surface area contributed by atoms with Gasteiger partial charge in [-0.3, -0.25) is 0 Å². The summed E-state index contributed by atoms with van der Waals surface area (Å²) in [4.78, 5) is 0. The van der Waals surface area contributed by atoms with Crippen molar-refractivity contribution in [1.29, 1.82) is 0 Å². The van der Waals surface area contributed by atoms with E-state index < -0.39 is 0 Å². The van der Waals surface area contributed by atoms with E-state index >= 15 is 0 Å². The van der Waals surface area contributed by atoms with Crippen molar-refractivity contribution < 1.29 is 0 Å². The molecule has 1 aromatic carbocycles. The molecule has 2 unspecified atom stereocenters. The Bertz CT molecular complexity index is 407. The fourth-order valence-electron chi connectivity index (χ4n) is 2.86. The van der Waals surface area contributed by atoms with Crippen molar-refractivity contribution in [2.24, 2.45) is 11.8 Å². The maximum atomic E-state index is 3.73. The molecule has 0 amide bonds. The van der Waals surface area contributed by atoms with Gasteiger partial charge in [-0.2, -0.15) is 0 Å². The van der Waals surface area contributed by atoms with Crippen molar-refractivity contribution in [3.63, 3.8) is 0 Å². The lowest BCUT2D eigenvalue weighted by molar-refractivity contribution is 0.355. The quantitative estimate of drug-likeness (QED) is 0.846. The molecular formula is C17H24N2. The number of benzene rings is 1. The predicted octanol–water partition coefficient (Wildman–Crippen LogP) is 2.68. The van der Waals surface area contributed by atoms with Gasteiger partial charge < -0.3 is 10.6 Å². The summed E-state index contributed by atoms with van der Waals surface area (Å²) in [7, 11) is 0. The lowest BCUT2D eigenvalue weighted by Crippen LogP contribution is -2.34. The minimum Gasteiger partial charge on any atom is -0.317 e. The molecule has 102 valence electrons.